The second kappa shape index (κ2) is 10.1. The lowest BCUT2D eigenvalue weighted by atomic mass is 10.0. The molecule has 0 saturated carbocycles. The van der Waals surface area contributed by atoms with E-state index in [0.29, 0.717) is 12.1 Å². The molecule has 0 aromatic carbocycles. The number of carbonyl (C=O) groups excluding carboxylic acids is 1. The van der Waals surface area contributed by atoms with Crippen molar-refractivity contribution >= 4 is 5.91 Å². The summed E-state index contributed by atoms with van der Waals surface area (Å²) in [6, 6.07) is 13.9. The number of piperidine rings is 1. The summed E-state index contributed by atoms with van der Waals surface area (Å²) in [4.78, 5) is 30.5. The molecule has 30 heavy (non-hydrogen) atoms. The molecule has 6 heteroatoms. The standard InChI is InChI=1S/C24H27N5O/c30-24(21-6-4-12-26-18-21)29(19-20-5-3-11-25-17-20)23-9-15-28(16-10-23)14-8-22-7-1-2-13-27-22/h1-7,11-13,17-18,23H,8-10,14-16,19H2. The molecule has 0 N–H and O–H groups in total. The van der Waals surface area contributed by atoms with Crippen LogP contribution in [0, 0.1) is 0 Å². The molecule has 1 saturated heterocycles. The Morgan fingerprint density at radius 1 is 0.967 bits per heavy atom. The molecule has 0 spiro atoms. The molecule has 154 valence electrons. The van der Waals surface area contributed by atoms with Crippen molar-refractivity contribution in [3.63, 3.8) is 0 Å². The maximum absolute atomic E-state index is 13.3. The van der Waals surface area contributed by atoms with Gasteiger partial charge in [-0.15, -0.1) is 0 Å². The molecule has 1 aliphatic rings. The van der Waals surface area contributed by atoms with Crippen LogP contribution < -0.4 is 0 Å². The summed E-state index contributed by atoms with van der Waals surface area (Å²) in [6.45, 7) is 3.55. The van der Waals surface area contributed by atoms with E-state index < -0.39 is 0 Å². The molecule has 3 aromatic rings. The fourth-order valence-corrected chi connectivity index (χ4v) is 3.98. The van der Waals surface area contributed by atoms with Crippen molar-refractivity contribution in [3.05, 3.63) is 90.3 Å². The zero-order chi connectivity index (χ0) is 20.6. The first-order valence-corrected chi connectivity index (χ1v) is 10.5. The van der Waals surface area contributed by atoms with E-state index in [4.69, 9.17) is 0 Å². The second-order valence-electron chi connectivity index (χ2n) is 7.68. The van der Waals surface area contributed by atoms with Crippen molar-refractivity contribution in [1.82, 2.24) is 24.8 Å². The number of likely N-dealkylation sites (tertiary alicyclic amines) is 1. The molecule has 0 atom stereocenters. The number of hydrogen-bond donors (Lipinski definition) is 0. The van der Waals surface area contributed by atoms with E-state index in [-0.39, 0.29) is 11.9 Å². The summed E-state index contributed by atoms with van der Waals surface area (Å²) < 4.78 is 0. The SMILES string of the molecule is O=C(c1cccnc1)N(Cc1cccnc1)C1CCN(CCc2ccccn2)CC1. The van der Waals surface area contributed by atoms with Gasteiger partial charge < -0.3 is 9.80 Å². The van der Waals surface area contributed by atoms with Crippen molar-refractivity contribution < 1.29 is 4.79 Å². The van der Waals surface area contributed by atoms with Crippen molar-refractivity contribution in [3.8, 4) is 0 Å². The summed E-state index contributed by atoms with van der Waals surface area (Å²) >= 11 is 0. The zero-order valence-electron chi connectivity index (χ0n) is 17.1. The van der Waals surface area contributed by atoms with Crippen LogP contribution >= 0.6 is 0 Å². The predicted octanol–water partition coefficient (Wildman–Crippen LogP) is 3.22. The maximum Gasteiger partial charge on any atom is 0.255 e. The molecule has 6 nitrogen and oxygen atoms in total. The van der Waals surface area contributed by atoms with Crippen LogP contribution in [0.3, 0.4) is 0 Å². The van der Waals surface area contributed by atoms with Gasteiger partial charge in [0.05, 0.1) is 5.56 Å². The molecule has 0 bridgehead atoms. The highest BCUT2D eigenvalue weighted by Gasteiger charge is 2.28. The molecule has 1 aliphatic heterocycles. The lowest BCUT2D eigenvalue weighted by molar-refractivity contribution is 0.0550. The van der Waals surface area contributed by atoms with Gasteiger partial charge in [-0.3, -0.25) is 19.7 Å². The van der Waals surface area contributed by atoms with Crippen LogP contribution in [0.25, 0.3) is 0 Å². The van der Waals surface area contributed by atoms with Gasteiger partial charge in [0.1, 0.15) is 0 Å². The molecule has 4 heterocycles. The van der Waals surface area contributed by atoms with E-state index in [2.05, 4.69) is 25.9 Å². The Bertz CT molecular complexity index is 912. The van der Waals surface area contributed by atoms with Crippen LogP contribution in [0.5, 0.6) is 0 Å². The fourth-order valence-electron chi connectivity index (χ4n) is 3.98. The molecule has 4 rings (SSSR count). The Balaban J connectivity index is 1.40. The number of amides is 1. The molecule has 1 amide bonds. The third-order valence-electron chi connectivity index (χ3n) is 5.65. The smallest absolute Gasteiger partial charge is 0.255 e. The van der Waals surface area contributed by atoms with Gasteiger partial charge in [-0.1, -0.05) is 12.1 Å². The molecule has 0 aliphatic carbocycles. The molecular weight excluding hydrogens is 374 g/mol. The van der Waals surface area contributed by atoms with E-state index >= 15 is 0 Å². The van der Waals surface area contributed by atoms with Gasteiger partial charge in [-0.05, 0) is 48.7 Å². The largest absolute Gasteiger partial charge is 0.331 e. The van der Waals surface area contributed by atoms with Crippen LogP contribution in [0.4, 0.5) is 0 Å². The first-order valence-electron chi connectivity index (χ1n) is 10.5. The van der Waals surface area contributed by atoms with Crippen molar-refractivity contribution in [2.75, 3.05) is 19.6 Å². The van der Waals surface area contributed by atoms with Crippen molar-refractivity contribution in [2.45, 2.75) is 31.8 Å². The fraction of sp³-hybridized carbons (Fsp3) is 0.333. The van der Waals surface area contributed by atoms with Gasteiger partial charge in [-0.2, -0.15) is 0 Å². The number of rotatable bonds is 7. The van der Waals surface area contributed by atoms with E-state index in [1.54, 1.807) is 18.6 Å². The molecule has 0 unspecified atom stereocenters. The van der Waals surface area contributed by atoms with Gasteiger partial charge in [0.25, 0.3) is 5.91 Å². The van der Waals surface area contributed by atoms with E-state index in [1.165, 1.54) is 0 Å². The maximum atomic E-state index is 13.3. The average molecular weight is 402 g/mol. The monoisotopic (exact) mass is 401 g/mol. The Morgan fingerprint density at radius 2 is 1.77 bits per heavy atom. The quantitative estimate of drug-likeness (QED) is 0.608. The minimum atomic E-state index is 0.0406. The normalized spacial score (nSPS) is 15.1. The minimum Gasteiger partial charge on any atom is -0.331 e. The van der Waals surface area contributed by atoms with Crippen LogP contribution in [-0.4, -0.2) is 56.3 Å². The lowest BCUT2D eigenvalue weighted by Crippen LogP contribution is -2.47. The molecule has 3 aromatic heterocycles. The Kier molecular flexibility index (Phi) is 6.77. The zero-order valence-corrected chi connectivity index (χ0v) is 17.1. The second-order valence-corrected chi connectivity index (χ2v) is 7.68. The Labute approximate surface area is 177 Å². The van der Waals surface area contributed by atoms with Gasteiger partial charge in [-0.25, -0.2) is 0 Å². The molecular formula is C24H27N5O. The topological polar surface area (TPSA) is 62.2 Å². The van der Waals surface area contributed by atoms with Gasteiger partial charge in [0.2, 0.25) is 0 Å². The number of aromatic nitrogens is 3. The van der Waals surface area contributed by atoms with Crippen molar-refractivity contribution in [1.29, 1.82) is 0 Å². The summed E-state index contributed by atoms with van der Waals surface area (Å²) in [5, 5.41) is 0. The van der Waals surface area contributed by atoms with Crippen LogP contribution in [0.1, 0.15) is 34.5 Å². The van der Waals surface area contributed by atoms with E-state index in [9.17, 15) is 4.79 Å². The van der Waals surface area contributed by atoms with Crippen LogP contribution in [0.2, 0.25) is 0 Å². The Morgan fingerprint density at radius 3 is 2.43 bits per heavy atom. The number of nitrogens with zero attached hydrogens (tertiary/aromatic N) is 5. The van der Waals surface area contributed by atoms with Crippen LogP contribution in [-0.2, 0) is 13.0 Å². The lowest BCUT2D eigenvalue weighted by Gasteiger charge is -2.38. The highest BCUT2D eigenvalue weighted by Crippen LogP contribution is 2.21. The average Bonchev–Trinajstić information content (AvgIpc) is 2.83. The third-order valence-corrected chi connectivity index (χ3v) is 5.65. The first-order chi connectivity index (χ1) is 14.8. The third kappa shape index (κ3) is 5.27. The number of pyridine rings is 3. The summed E-state index contributed by atoms with van der Waals surface area (Å²) in [5.74, 6) is 0.0406. The highest BCUT2D eigenvalue weighted by atomic mass is 16.2. The minimum absolute atomic E-state index is 0.0406. The highest BCUT2D eigenvalue weighted by molar-refractivity contribution is 5.94. The van der Waals surface area contributed by atoms with E-state index in [0.717, 1.165) is 50.2 Å². The Hall–Kier alpha value is -3.12. The summed E-state index contributed by atoms with van der Waals surface area (Å²) in [7, 11) is 0. The number of hydrogen-bond acceptors (Lipinski definition) is 5. The van der Waals surface area contributed by atoms with Gasteiger partial charge in [0, 0.05) is 75.3 Å². The summed E-state index contributed by atoms with van der Waals surface area (Å²) in [5.41, 5.74) is 2.82. The molecule has 1 fully saturated rings. The van der Waals surface area contributed by atoms with Crippen molar-refractivity contribution in [2.24, 2.45) is 0 Å². The van der Waals surface area contributed by atoms with Crippen LogP contribution in [0.15, 0.2) is 73.4 Å². The molecule has 0 radical (unpaired) electrons. The summed E-state index contributed by atoms with van der Waals surface area (Å²) in [6.07, 6.45) is 11.7. The first kappa shape index (κ1) is 20.2. The predicted molar refractivity (Wildman–Crippen MR) is 116 cm³/mol. The number of carbonyl (C=O) groups is 1. The van der Waals surface area contributed by atoms with Gasteiger partial charge in [0.15, 0.2) is 0 Å². The van der Waals surface area contributed by atoms with E-state index in [1.807, 2.05) is 53.7 Å². The van der Waals surface area contributed by atoms with Gasteiger partial charge >= 0.3 is 0 Å².